The summed E-state index contributed by atoms with van der Waals surface area (Å²) in [5, 5.41) is 0. The van der Waals surface area contributed by atoms with Gasteiger partial charge in [-0.3, -0.25) is 9.97 Å². The van der Waals surface area contributed by atoms with E-state index in [-0.39, 0.29) is 0 Å². The van der Waals surface area contributed by atoms with Crippen molar-refractivity contribution >= 4 is 13.3 Å². The molecule has 0 aliphatic rings. The second-order valence-corrected chi connectivity index (χ2v) is 4.57. The Hall–Kier alpha value is -2.42. The Balaban J connectivity index is 2.12. The molecule has 0 bridgehead atoms. The van der Waals surface area contributed by atoms with Crippen LogP contribution in [0.25, 0.3) is 22.3 Å². The van der Waals surface area contributed by atoms with Crippen molar-refractivity contribution in [2.75, 3.05) is 0 Å². The average Bonchev–Trinajstić information content (AvgIpc) is 2.48. The maximum absolute atomic E-state index is 4.18. The Bertz CT molecular complexity index is 624. The number of hydrogen-bond donors (Lipinski definition) is 0. The number of nitrogens with zero attached hydrogens (tertiary/aromatic N) is 2. The number of hydrogen-bond acceptors (Lipinski definition) is 2. The largest absolute Gasteiger partial charge is 0.264 e. The van der Waals surface area contributed by atoms with Crippen LogP contribution >= 0.6 is 0 Å². The summed E-state index contributed by atoms with van der Waals surface area (Å²) in [6, 6.07) is 14.6. The zero-order valence-electron chi connectivity index (χ0n) is 10.7. The number of rotatable bonds is 2. The Morgan fingerprint density at radius 2 is 1.21 bits per heavy atom. The summed E-state index contributed by atoms with van der Waals surface area (Å²) >= 11 is 0. The van der Waals surface area contributed by atoms with Crippen LogP contribution in [0.5, 0.6) is 0 Å². The van der Waals surface area contributed by atoms with Crippen molar-refractivity contribution in [2.24, 2.45) is 0 Å². The first kappa shape index (κ1) is 11.7. The molecule has 2 aromatic heterocycles. The van der Waals surface area contributed by atoms with Gasteiger partial charge in [0.2, 0.25) is 0 Å². The highest BCUT2D eigenvalue weighted by Gasteiger charge is 2.03. The van der Waals surface area contributed by atoms with Crippen molar-refractivity contribution in [1.29, 1.82) is 0 Å². The summed E-state index contributed by atoms with van der Waals surface area (Å²) < 4.78 is 0. The lowest BCUT2D eigenvalue weighted by Gasteiger charge is -2.08. The van der Waals surface area contributed by atoms with Crippen LogP contribution in [-0.2, 0) is 0 Å². The van der Waals surface area contributed by atoms with Gasteiger partial charge in [-0.15, -0.1) is 0 Å². The fraction of sp³-hybridized carbons (Fsp3) is 0. The second-order valence-electron chi connectivity index (χ2n) is 4.57. The Morgan fingerprint density at radius 1 is 0.684 bits per heavy atom. The summed E-state index contributed by atoms with van der Waals surface area (Å²) in [7, 11) is 2.11. The molecule has 0 amide bonds. The van der Waals surface area contributed by atoms with E-state index in [0.717, 1.165) is 11.1 Å². The molecule has 0 unspecified atom stereocenters. The van der Waals surface area contributed by atoms with Gasteiger partial charge in [0.15, 0.2) is 0 Å². The predicted octanol–water partition coefficient (Wildman–Crippen LogP) is 2.07. The first-order valence-electron chi connectivity index (χ1n) is 6.25. The van der Waals surface area contributed by atoms with Crippen molar-refractivity contribution in [3.63, 3.8) is 0 Å². The standard InChI is InChI=1S/C16H13BN2/c17-16-8-14(12-3-1-5-18-10-12)7-15(9-16)13-4-2-6-19-11-13/h1-11H,17H2. The van der Waals surface area contributed by atoms with Gasteiger partial charge in [0, 0.05) is 24.8 Å². The van der Waals surface area contributed by atoms with Gasteiger partial charge in [-0.25, -0.2) is 0 Å². The van der Waals surface area contributed by atoms with Crippen LogP contribution in [0.15, 0.2) is 67.3 Å². The van der Waals surface area contributed by atoms with Crippen molar-refractivity contribution in [3.05, 3.63) is 67.3 Å². The van der Waals surface area contributed by atoms with Gasteiger partial charge < -0.3 is 0 Å². The second kappa shape index (κ2) is 5.06. The normalized spacial score (nSPS) is 10.3. The summed E-state index contributed by atoms with van der Waals surface area (Å²) in [6.07, 6.45) is 7.37. The number of aromatic nitrogens is 2. The third-order valence-electron chi connectivity index (χ3n) is 3.07. The molecule has 90 valence electrons. The van der Waals surface area contributed by atoms with Gasteiger partial charge in [-0.1, -0.05) is 29.7 Å². The van der Waals surface area contributed by atoms with Gasteiger partial charge in [0.25, 0.3) is 0 Å². The van der Waals surface area contributed by atoms with Crippen LogP contribution in [0.4, 0.5) is 0 Å². The molecule has 2 heterocycles. The SMILES string of the molecule is Bc1cc(-c2cccnc2)cc(-c2cccnc2)c1. The van der Waals surface area contributed by atoms with Crippen molar-refractivity contribution in [3.8, 4) is 22.3 Å². The topological polar surface area (TPSA) is 25.8 Å². The Morgan fingerprint density at radius 3 is 1.63 bits per heavy atom. The summed E-state index contributed by atoms with van der Waals surface area (Å²) in [4.78, 5) is 8.36. The molecule has 0 saturated carbocycles. The van der Waals surface area contributed by atoms with E-state index in [1.54, 1.807) is 12.4 Å². The van der Waals surface area contributed by atoms with E-state index in [9.17, 15) is 0 Å². The lowest BCUT2D eigenvalue weighted by molar-refractivity contribution is 1.32. The molecule has 0 radical (unpaired) electrons. The minimum atomic E-state index is 1.14. The highest BCUT2D eigenvalue weighted by atomic mass is 14.6. The van der Waals surface area contributed by atoms with Crippen molar-refractivity contribution in [1.82, 2.24) is 9.97 Å². The maximum Gasteiger partial charge on any atom is 0.139 e. The number of pyridine rings is 2. The van der Waals surface area contributed by atoms with Gasteiger partial charge in [-0.2, -0.15) is 0 Å². The molecule has 1 aromatic carbocycles. The smallest absolute Gasteiger partial charge is 0.139 e. The molecule has 3 heteroatoms. The first-order chi connectivity index (χ1) is 9.33. The molecule has 19 heavy (non-hydrogen) atoms. The molecule has 0 fully saturated rings. The fourth-order valence-corrected chi connectivity index (χ4v) is 2.18. The van der Waals surface area contributed by atoms with Crippen LogP contribution in [0.1, 0.15) is 0 Å². The molecule has 0 aliphatic carbocycles. The monoisotopic (exact) mass is 244 g/mol. The predicted molar refractivity (Wildman–Crippen MR) is 81.1 cm³/mol. The zero-order valence-corrected chi connectivity index (χ0v) is 10.7. The van der Waals surface area contributed by atoms with Crippen LogP contribution < -0.4 is 5.46 Å². The lowest BCUT2D eigenvalue weighted by atomic mass is 9.89. The zero-order chi connectivity index (χ0) is 13.1. The molecular formula is C16H13BN2. The van der Waals surface area contributed by atoms with Crippen LogP contribution in [-0.4, -0.2) is 17.8 Å². The van der Waals surface area contributed by atoms with Gasteiger partial charge in [-0.05, 0) is 40.5 Å². The van der Waals surface area contributed by atoms with Crippen LogP contribution in [0, 0.1) is 0 Å². The minimum absolute atomic E-state index is 1.14. The van der Waals surface area contributed by atoms with E-state index in [1.807, 2.05) is 24.5 Å². The van der Waals surface area contributed by atoms with E-state index < -0.39 is 0 Å². The summed E-state index contributed by atoms with van der Waals surface area (Å²) in [6.45, 7) is 0. The molecular weight excluding hydrogens is 231 g/mol. The van der Waals surface area contributed by atoms with Crippen molar-refractivity contribution in [2.45, 2.75) is 0 Å². The highest BCUT2D eigenvalue weighted by Crippen LogP contribution is 2.24. The van der Waals surface area contributed by atoms with Crippen LogP contribution in [0.2, 0.25) is 0 Å². The van der Waals surface area contributed by atoms with Gasteiger partial charge in [0.1, 0.15) is 7.85 Å². The minimum Gasteiger partial charge on any atom is -0.264 e. The van der Waals surface area contributed by atoms with Crippen molar-refractivity contribution < 1.29 is 0 Å². The molecule has 3 aromatic rings. The van der Waals surface area contributed by atoms with E-state index in [4.69, 9.17) is 0 Å². The van der Waals surface area contributed by atoms with Gasteiger partial charge >= 0.3 is 0 Å². The Labute approximate surface area is 113 Å². The van der Waals surface area contributed by atoms with Gasteiger partial charge in [0.05, 0.1) is 0 Å². The van der Waals surface area contributed by atoms with E-state index in [2.05, 4.69) is 48.1 Å². The molecule has 0 saturated heterocycles. The molecule has 0 N–H and O–H groups in total. The molecule has 0 spiro atoms. The molecule has 3 rings (SSSR count). The van der Waals surface area contributed by atoms with Crippen LogP contribution in [0.3, 0.4) is 0 Å². The Kier molecular flexibility index (Phi) is 3.11. The third-order valence-corrected chi connectivity index (χ3v) is 3.07. The maximum atomic E-state index is 4.18. The van der Waals surface area contributed by atoms with E-state index in [1.165, 1.54) is 16.6 Å². The third kappa shape index (κ3) is 2.55. The average molecular weight is 244 g/mol. The molecule has 0 atom stereocenters. The fourth-order valence-electron chi connectivity index (χ4n) is 2.18. The molecule has 2 nitrogen and oxygen atoms in total. The van der Waals surface area contributed by atoms with E-state index >= 15 is 0 Å². The quantitative estimate of drug-likeness (QED) is 0.645. The van der Waals surface area contributed by atoms with E-state index in [0.29, 0.717) is 0 Å². The molecule has 0 aliphatic heterocycles. The lowest BCUT2D eigenvalue weighted by Crippen LogP contribution is -2.02. The summed E-state index contributed by atoms with van der Waals surface area (Å²) in [5.41, 5.74) is 5.88. The number of benzene rings is 1. The summed E-state index contributed by atoms with van der Waals surface area (Å²) in [5.74, 6) is 0. The highest BCUT2D eigenvalue weighted by molar-refractivity contribution is 6.33. The first-order valence-corrected chi connectivity index (χ1v) is 6.25.